The molecule has 0 fully saturated rings. The Labute approximate surface area is 108 Å². The summed E-state index contributed by atoms with van der Waals surface area (Å²) >= 11 is 1.25. The van der Waals surface area contributed by atoms with Gasteiger partial charge in [0.1, 0.15) is 0 Å². The molecule has 0 saturated carbocycles. The normalized spacial score (nSPS) is 12.3. The highest BCUT2D eigenvalue weighted by Crippen LogP contribution is 2.33. The largest absolute Gasteiger partial charge is 0.389 e. The molecule has 2 rings (SSSR count). The molecule has 0 saturated heterocycles. The summed E-state index contributed by atoms with van der Waals surface area (Å²) in [6.45, 7) is 3.66. The summed E-state index contributed by atoms with van der Waals surface area (Å²) in [5.74, 6) is 0. The monoisotopic (exact) mass is 272 g/mol. The first-order valence-electron chi connectivity index (χ1n) is 5.46. The highest BCUT2D eigenvalue weighted by atomic mass is 32.1. The molecule has 0 bridgehead atoms. The van der Waals surface area contributed by atoms with Gasteiger partial charge in [-0.2, -0.15) is 16.4 Å². The molecule has 0 aliphatic rings. The molecular weight excluding hydrogens is 258 g/mol. The van der Waals surface area contributed by atoms with Crippen LogP contribution in [-0.2, 0) is 6.54 Å². The number of alkyl halides is 2. The Morgan fingerprint density at radius 1 is 1.44 bits per heavy atom. The molecule has 0 spiro atoms. The maximum atomic E-state index is 12.8. The van der Waals surface area contributed by atoms with Crippen molar-refractivity contribution in [1.29, 1.82) is 0 Å². The number of thiophene rings is 1. The number of nitrogens with zero attached hydrogens (tertiary/aromatic N) is 2. The van der Waals surface area contributed by atoms with Crippen molar-refractivity contribution < 1.29 is 13.9 Å². The summed E-state index contributed by atoms with van der Waals surface area (Å²) in [7, 11) is 0. The molecule has 0 atom stereocenters. The Hall–Kier alpha value is -1.27. The van der Waals surface area contributed by atoms with E-state index in [1.54, 1.807) is 36.3 Å². The average Bonchev–Trinajstić information content (AvgIpc) is 2.81. The first-order valence-corrected chi connectivity index (χ1v) is 6.40. The van der Waals surface area contributed by atoms with Gasteiger partial charge in [0.2, 0.25) is 0 Å². The molecule has 18 heavy (non-hydrogen) atoms. The zero-order valence-electron chi connectivity index (χ0n) is 10.1. The fourth-order valence-corrected chi connectivity index (χ4v) is 2.55. The van der Waals surface area contributed by atoms with E-state index in [4.69, 9.17) is 0 Å². The minimum Gasteiger partial charge on any atom is -0.389 e. The van der Waals surface area contributed by atoms with E-state index in [0.717, 1.165) is 0 Å². The number of aromatic nitrogens is 2. The minimum absolute atomic E-state index is 0.0304. The molecule has 2 aromatic heterocycles. The standard InChI is InChI=1S/C12H14F2N2OS/c1-12(2,17)7-16-4-8(3-15-16)9-5-18-6-10(9)11(13)14/h3-6,11,17H,7H2,1-2H3. The molecule has 2 heterocycles. The van der Waals surface area contributed by atoms with Gasteiger partial charge in [-0.05, 0) is 19.2 Å². The highest BCUT2D eigenvalue weighted by Gasteiger charge is 2.18. The van der Waals surface area contributed by atoms with Gasteiger partial charge in [-0.3, -0.25) is 4.68 Å². The van der Waals surface area contributed by atoms with Crippen molar-refractivity contribution in [3.63, 3.8) is 0 Å². The quantitative estimate of drug-likeness (QED) is 0.927. The Morgan fingerprint density at radius 2 is 2.17 bits per heavy atom. The lowest BCUT2D eigenvalue weighted by Gasteiger charge is -2.16. The van der Waals surface area contributed by atoms with E-state index >= 15 is 0 Å². The van der Waals surface area contributed by atoms with E-state index in [1.165, 1.54) is 16.7 Å². The van der Waals surface area contributed by atoms with Crippen LogP contribution in [0.4, 0.5) is 8.78 Å². The molecule has 98 valence electrons. The molecule has 2 aromatic rings. The van der Waals surface area contributed by atoms with Crippen molar-refractivity contribution in [2.24, 2.45) is 0 Å². The first-order chi connectivity index (χ1) is 8.37. The molecule has 0 aliphatic heterocycles. The molecule has 3 nitrogen and oxygen atoms in total. The van der Waals surface area contributed by atoms with Crippen molar-refractivity contribution in [3.8, 4) is 11.1 Å². The van der Waals surface area contributed by atoms with E-state index in [-0.39, 0.29) is 5.56 Å². The fourth-order valence-electron chi connectivity index (χ4n) is 1.70. The average molecular weight is 272 g/mol. The fraction of sp³-hybridized carbons (Fsp3) is 0.417. The van der Waals surface area contributed by atoms with Gasteiger partial charge in [-0.1, -0.05) is 0 Å². The van der Waals surface area contributed by atoms with E-state index < -0.39 is 12.0 Å². The molecule has 6 heteroatoms. The van der Waals surface area contributed by atoms with Gasteiger partial charge >= 0.3 is 0 Å². The third kappa shape index (κ3) is 2.94. The van der Waals surface area contributed by atoms with Gasteiger partial charge in [-0.15, -0.1) is 0 Å². The molecular formula is C12H14F2N2OS. The van der Waals surface area contributed by atoms with E-state index in [0.29, 0.717) is 17.7 Å². The van der Waals surface area contributed by atoms with Crippen molar-refractivity contribution in [3.05, 3.63) is 28.7 Å². The summed E-state index contributed by atoms with van der Waals surface area (Å²) in [5, 5.41) is 16.9. The highest BCUT2D eigenvalue weighted by molar-refractivity contribution is 7.08. The second-order valence-corrected chi connectivity index (χ2v) is 5.52. The van der Waals surface area contributed by atoms with Gasteiger partial charge in [-0.25, -0.2) is 8.78 Å². The Balaban J connectivity index is 2.27. The van der Waals surface area contributed by atoms with Gasteiger partial charge in [0.25, 0.3) is 6.43 Å². The lowest BCUT2D eigenvalue weighted by Crippen LogP contribution is -2.26. The second kappa shape index (κ2) is 4.78. The van der Waals surface area contributed by atoms with Crippen LogP contribution in [0.1, 0.15) is 25.8 Å². The van der Waals surface area contributed by atoms with E-state index in [9.17, 15) is 13.9 Å². The Bertz CT molecular complexity index is 528. The zero-order chi connectivity index (χ0) is 13.3. The summed E-state index contributed by atoms with van der Waals surface area (Å²) in [4.78, 5) is 0. The van der Waals surface area contributed by atoms with Crippen molar-refractivity contribution in [2.75, 3.05) is 0 Å². The van der Waals surface area contributed by atoms with Crippen LogP contribution >= 0.6 is 11.3 Å². The van der Waals surface area contributed by atoms with Crippen molar-refractivity contribution >= 4 is 11.3 Å². The summed E-state index contributed by atoms with van der Waals surface area (Å²) in [6.07, 6.45) is 0.731. The van der Waals surface area contributed by atoms with Crippen LogP contribution in [0.15, 0.2) is 23.2 Å². The van der Waals surface area contributed by atoms with Gasteiger partial charge in [0.15, 0.2) is 0 Å². The third-order valence-electron chi connectivity index (χ3n) is 2.42. The predicted octanol–water partition coefficient (Wildman–Crippen LogP) is 3.32. The zero-order valence-corrected chi connectivity index (χ0v) is 10.9. The third-order valence-corrected chi connectivity index (χ3v) is 3.18. The van der Waals surface area contributed by atoms with Crippen LogP contribution in [0.3, 0.4) is 0 Å². The predicted molar refractivity (Wildman–Crippen MR) is 66.8 cm³/mol. The van der Waals surface area contributed by atoms with Crippen LogP contribution in [0.5, 0.6) is 0 Å². The van der Waals surface area contributed by atoms with Crippen molar-refractivity contribution in [1.82, 2.24) is 9.78 Å². The molecule has 1 N–H and O–H groups in total. The van der Waals surface area contributed by atoms with Gasteiger partial charge < -0.3 is 5.11 Å². The molecule has 0 aromatic carbocycles. The summed E-state index contributed by atoms with van der Waals surface area (Å²) in [5.41, 5.74) is 0.305. The van der Waals surface area contributed by atoms with Crippen molar-refractivity contribution in [2.45, 2.75) is 32.4 Å². The first kappa shape index (κ1) is 13.2. The van der Waals surface area contributed by atoms with Gasteiger partial charge in [0, 0.05) is 28.3 Å². The molecule has 0 unspecified atom stereocenters. The smallest absolute Gasteiger partial charge is 0.265 e. The maximum absolute atomic E-state index is 12.8. The van der Waals surface area contributed by atoms with Gasteiger partial charge in [0.05, 0.1) is 18.3 Å². The van der Waals surface area contributed by atoms with Crippen LogP contribution in [0.25, 0.3) is 11.1 Å². The molecule has 0 aliphatic carbocycles. The maximum Gasteiger partial charge on any atom is 0.265 e. The lowest BCUT2D eigenvalue weighted by atomic mass is 10.1. The number of halogens is 2. The topological polar surface area (TPSA) is 38.0 Å². The molecule has 0 amide bonds. The van der Waals surface area contributed by atoms with Crippen LogP contribution < -0.4 is 0 Å². The van der Waals surface area contributed by atoms with E-state index in [2.05, 4.69) is 5.10 Å². The lowest BCUT2D eigenvalue weighted by molar-refractivity contribution is 0.0577. The number of hydrogen-bond acceptors (Lipinski definition) is 3. The van der Waals surface area contributed by atoms with Crippen LogP contribution in [0.2, 0.25) is 0 Å². The SMILES string of the molecule is CC(C)(O)Cn1cc(-c2cscc2C(F)F)cn1. The van der Waals surface area contributed by atoms with E-state index in [1.807, 2.05) is 0 Å². The summed E-state index contributed by atoms with van der Waals surface area (Å²) < 4.78 is 27.1. The number of hydrogen-bond donors (Lipinski definition) is 1. The Kier molecular flexibility index (Phi) is 3.49. The van der Waals surface area contributed by atoms with Crippen LogP contribution in [0, 0.1) is 0 Å². The number of rotatable bonds is 4. The summed E-state index contributed by atoms with van der Waals surface area (Å²) in [6, 6.07) is 0. The minimum atomic E-state index is -2.48. The Morgan fingerprint density at radius 3 is 2.78 bits per heavy atom. The second-order valence-electron chi connectivity index (χ2n) is 4.78. The molecule has 0 radical (unpaired) electrons. The number of aliphatic hydroxyl groups is 1. The van der Waals surface area contributed by atoms with Crippen LogP contribution in [-0.4, -0.2) is 20.5 Å².